The Balaban J connectivity index is 1.46. The molecule has 2 N–H and O–H groups in total. The predicted octanol–water partition coefficient (Wildman–Crippen LogP) is 6.25. The minimum atomic E-state index is -0.823. The van der Waals surface area contributed by atoms with E-state index >= 15 is 8.78 Å². The Kier molecular flexibility index (Phi) is 9.36. The zero-order valence-electron chi connectivity index (χ0n) is 27.4. The maximum absolute atomic E-state index is 15.1. The minimum absolute atomic E-state index is 0.0132. The minimum Gasteiger partial charge on any atom is -0.454 e. The summed E-state index contributed by atoms with van der Waals surface area (Å²) in [5, 5.41) is 2.89. The molecule has 0 radical (unpaired) electrons. The van der Waals surface area contributed by atoms with Gasteiger partial charge in [-0.3, -0.25) is 19.1 Å². The highest BCUT2D eigenvalue weighted by molar-refractivity contribution is 7.22. The number of nitrogens with one attached hydrogen (secondary N) is 2. The summed E-state index contributed by atoms with van der Waals surface area (Å²) in [6.07, 6.45) is 0. The first kappa shape index (κ1) is 33.7. The summed E-state index contributed by atoms with van der Waals surface area (Å²) in [6, 6.07) is 24.4. The first-order valence-corrected chi connectivity index (χ1v) is 16.6. The molecule has 2 amide bonds. The maximum Gasteiger partial charge on any atom is 0.343 e. The number of aromatic nitrogens is 2. The standard InChI is InChI=1S/C37H31F2N5O6S/c1-42(18-22-7-4-3-5-8-22)19-27-32-34(45)44(25-15-16-30-31(17-25)50-21-49-30)37(47)43(20-26-28(38)9-6-10-29(26)39)35(32)51-33(27)23-11-13-24(14-12-23)40-36(46)41-48-2/h3-17H,18-21H2,1-2H3,(H2,40,41,46). The molecule has 1 aliphatic heterocycles. The Morgan fingerprint density at radius 3 is 2.35 bits per heavy atom. The van der Waals surface area contributed by atoms with E-state index in [1.54, 1.807) is 36.4 Å². The Morgan fingerprint density at radius 2 is 1.63 bits per heavy atom. The Labute approximate surface area is 293 Å². The lowest BCUT2D eigenvalue weighted by Crippen LogP contribution is -2.39. The van der Waals surface area contributed by atoms with E-state index in [9.17, 15) is 14.4 Å². The summed E-state index contributed by atoms with van der Waals surface area (Å²) in [4.78, 5) is 48.8. The average Bonchev–Trinajstić information content (AvgIpc) is 3.73. The lowest BCUT2D eigenvalue weighted by molar-refractivity contribution is 0.114. The van der Waals surface area contributed by atoms with Crippen molar-refractivity contribution in [3.63, 3.8) is 0 Å². The second kappa shape index (κ2) is 14.2. The van der Waals surface area contributed by atoms with Crippen LogP contribution in [0.4, 0.5) is 19.3 Å². The molecule has 7 rings (SSSR count). The molecule has 0 saturated carbocycles. The van der Waals surface area contributed by atoms with E-state index in [-0.39, 0.29) is 34.8 Å². The number of nitrogens with zero attached hydrogens (tertiary/aromatic N) is 3. The quantitative estimate of drug-likeness (QED) is 0.162. The summed E-state index contributed by atoms with van der Waals surface area (Å²) < 4.78 is 43.5. The van der Waals surface area contributed by atoms with E-state index in [4.69, 9.17) is 9.47 Å². The van der Waals surface area contributed by atoms with Crippen molar-refractivity contribution >= 4 is 33.3 Å². The van der Waals surface area contributed by atoms with E-state index in [1.165, 1.54) is 35.1 Å². The van der Waals surface area contributed by atoms with Gasteiger partial charge in [0.25, 0.3) is 5.56 Å². The first-order valence-electron chi connectivity index (χ1n) is 15.8. The third-order valence-electron chi connectivity index (χ3n) is 8.39. The van der Waals surface area contributed by atoms with Crippen molar-refractivity contribution in [2.45, 2.75) is 19.6 Å². The van der Waals surface area contributed by atoms with E-state index in [1.807, 2.05) is 42.3 Å². The molecule has 51 heavy (non-hydrogen) atoms. The number of amides is 2. The number of hydrogen-bond donors (Lipinski definition) is 2. The predicted molar refractivity (Wildman–Crippen MR) is 189 cm³/mol. The van der Waals surface area contributed by atoms with Crippen LogP contribution in [0.25, 0.3) is 26.3 Å². The van der Waals surface area contributed by atoms with E-state index in [2.05, 4.69) is 15.6 Å². The molecule has 4 aromatic carbocycles. The van der Waals surface area contributed by atoms with Gasteiger partial charge in [-0.05, 0) is 60.1 Å². The molecular weight excluding hydrogens is 680 g/mol. The molecule has 0 unspecified atom stereocenters. The molecule has 0 saturated heterocycles. The summed E-state index contributed by atoms with van der Waals surface area (Å²) >= 11 is 1.18. The number of anilines is 1. The second-order valence-corrected chi connectivity index (χ2v) is 12.8. The molecule has 3 heterocycles. The number of carbonyl (C=O) groups excluding carboxylic acids is 1. The number of thiophene rings is 1. The third kappa shape index (κ3) is 6.71. The Bertz CT molecular complexity index is 2360. The zero-order valence-corrected chi connectivity index (χ0v) is 28.3. The van der Waals surface area contributed by atoms with Crippen LogP contribution in [0.2, 0.25) is 0 Å². The Hall–Kier alpha value is -5.83. The van der Waals surface area contributed by atoms with Crippen LogP contribution in [0.3, 0.4) is 0 Å². The number of benzene rings is 4. The van der Waals surface area contributed by atoms with Crippen LogP contribution in [0.5, 0.6) is 11.5 Å². The molecule has 14 heteroatoms. The van der Waals surface area contributed by atoms with Crippen molar-refractivity contribution in [3.8, 4) is 27.6 Å². The molecule has 0 spiro atoms. The largest absolute Gasteiger partial charge is 0.454 e. The lowest BCUT2D eigenvalue weighted by Gasteiger charge is -2.18. The number of rotatable bonds is 10. The van der Waals surface area contributed by atoms with E-state index < -0.39 is 35.5 Å². The van der Waals surface area contributed by atoms with Gasteiger partial charge in [-0.1, -0.05) is 48.5 Å². The van der Waals surface area contributed by atoms with E-state index in [0.717, 1.165) is 22.3 Å². The highest BCUT2D eigenvalue weighted by Gasteiger charge is 2.26. The van der Waals surface area contributed by atoms with Crippen LogP contribution < -0.4 is 31.5 Å². The van der Waals surface area contributed by atoms with Crippen LogP contribution >= 0.6 is 11.3 Å². The summed E-state index contributed by atoms with van der Waals surface area (Å²) in [7, 11) is 3.24. The number of urea groups is 1. The smallest absolute Gasteiger partial charge is 0.343 e. The number of hydroxylamine groups is 1. The average molecular weight is 712 g/mol. The van der Waals surface area contributed by atoms with Crippen LogP contribution in [-0.4, -0.2) is 41.0 Å². The highest BCUT2D eigenvalue weighted by atomic mass is 32.1. The number of ether oxygens (including phenoxy) is 2. The van der Waals surface area contributed by atoms with Crippen molar-refractivity contribution in [2.24, 2.45) is 0 Å². The van der Waals surface area contributed by atoms with Crippen molar-refractivity contribution < 1.29 is 27.9 Å². The van der Waals surface area contributed by atoms with Crippen LogP contribution in [0.15, 0.2) is 101 Å². The van der Waals surface area contributed by atoms with Crippen molar-refractivity contribution in [3.05, 3.63) is 140 Å². The monoisotopic (exact) mass is 711 g/mol. The fraction of sp³-hybridized carbons (Fsp3) is 0.162. The number of halogens is 2. The fourth-order valence-corrected chi connectivity index (χ4v) is 7.36. The van der Waals surface area contributed by atoms with Gasteiger partial charge >= 0.3 is 11.7 Å². The maximum atomic E-state index is 15.1. The van der Waals surface area contributed by atoms with Crippen molar-refractivity contribution in [1.82, 2.24) is 19.5 Å². The van der Waals surface area contributed by atoms with Crippen molar-refractivity contribution in [1.29, 1.82) is 0 Å². The van der Waals surface area contributed by atoms with Crippen LogP contribution in [0.1, 0.15) is 16.7 Å². The molecular formula is C37H31F2N5O6S. The third-order valence-corrected chi connectivity index (χ3v) is 9.69. The summed E-state index contributed by atoms with van der Waals surface area (Å²) in [5.74, 6) is -0.834. The first-order chi connectivity index (χ1) is 24.7. The molecule has 11 nitrogen and oxygen atoms in total. The van der Waals surface area contributed by atoms with Gasteiger partial charge in [0, 0.05) is 35.3 Å². The zero-order chi connectivity index (χ0) is 35.6. The van der Waals surface area contributed by atoms with Gasteiger partial charge in [-0.2, -0.15) is 0 Å². The Morgan fingerprint density at radius 1 is 0.902 bits per heavy atom. The van der Waals surface area contributed by atoms with Gasteiger partial charge in [0.2, 0.25) is 6.79 Å². The fourth-order valence-electron chi connectivity index (χ4n) is 6.06. The van der Waals surface area contributed by atoms with Gasteiger partial charge in [-0.15, -0.1) is 11.3 Å². The SMILES string of the molecule is CONC(=O)Nc1ccc(-c2sc3c(c2CN(C)Cc2ccccc2)c(=O)n(-c2ccc4c(c2)OCO4)c(=O)n3Cc2c(F)cccc2F)cc1. The number of carbonyl (C=O) groups is 1. The second-order valence-electron chi connectivity index (χ2n) is 11.8. The molecule has 2 aromatic heterocycles. The lowest BCUT2D eigenvalue weighted by atomic mass is 10.1. The van der Waals surface area contributed by atoms with E-state index in [0.29, 0.717) is 39.7 Å². The van der Waals surface area contributed by atoms with Crippen molar-refractivity contribution in [2.75, 3.05) is 26.3 Å². The molecule has 0 bridgehead atoms. The summed E-state index contributed by atoms with van der Waals surface area (Å²) in [5.41, 5.74) is 3.55. The number of hydrogen-bond acceptors (Lipinski definition) is 8. The van der Waals surface area contributed by atoms with Gasteiger partial charge in [0.1, 0.15) is 16.5 Å². The van der Waals surface area contributed by atoms with Crippen LogP contribution in [0, 0.1) is 11.6 Å². The summed E-state index contributed by atoms with van der Waals surface area (Å²) in [6.45, 7) is 0.338. The van der Waals surface area contributed by atoms with Gasteiger partial charge < -0.3 is 14.8 Å². The highest BCUT2D eigenvalue weighted by Crippen LogP contribution is 2.39. The van der Waals surface area contributed by atoms with Gasteiger partial charge in [-0.25, -0.2) is 28.4 Å². The number of fused-ring (bicyclic) bond motifs is 2. The van der Waals surface area contributed by atoms with Crippen LogP contribution in [-0.2, 0) is 24.5 Å². The molecule has 260 valence electrons. The normalized spacial score (nSPS) is 12.1. The van der Waals surface area contributed by atoms with Gasteiger partial charge in [0.15, 0.2) is 11.5 Å². The topological polar surface area (TPSA) is 116 Å². The molecule has 6 aromatic rings. The molecule has 1 aliphatic rings. The molecule has 0 atom stereocenters. The molecule has 0 aliphatic carbocycles. The molecule has 0 fully saturated rings. The van der Waals surface area contributed by atoms with Gasteiger partial charge in [0.05, 0.1) is 24.7 Å².